The van der Waals surface area contributed by atoms with E-state index >= 15 is 0 Å². The van der Waals surface area contributed by atoms with Crippen molar-refractivity contribution in [2.45, 2.75) is 12.1 Å². The van der Waals surface area contributed by atoms with Gasteiger partial charge >= 0.3 is 5.16 Å². The van der Waals surface area contributed by atoms with Crippen molar-refractivity contribution in [3.63, 3.8) is 0 Å². The predicted molar refractivity (Wildman–Crippen MR) is 109 cm³/mol. The molecule has 4 rings (SSSR count). The van der Waals surface area contributed by atoms with E-state index in [1.165, 1.54) is 24.7 Å². The predicted octanol–water partition coefficient (Wildman–Crippen LogP) is 3.65. The van der Waals surface area contributed by atoms with Gasteiger partial charge in [-0.1, -0.05) is 12.1 Å². The fourth-order valence-corrected chi connectivity index (χ4v) is 3.37. The van der Waals surface area contributed by atoms with Gasteiger partial charge in [-0.3, -0.25) is 0 Å². The van der Waals surface area contributed by atoms with Gasteiger partial charge in [0.25, 0.3) is 0 Å². The molecule has 1 unspecified atom stereocenters. The Hall–Kier alpha value is -3.30. The highest BCUT2D eigenvalue weighted by Gasteiger charge is 2.18. The SMILES string of the molecule is Cc1ccc2c(N)c(F)ccc2c1Oc1nnccc1-c1ccnc([S+](C)[O-])n1. The number of fused-ring (bicyclic) bond motifs is 1. The number of anilines is 1. The molecule has 2 aromatic carbocycles. The number of ether oxygens (including phenoxy) is 1. The second-order valence-corrected chi connectivity index (χ2v) is 7.57. The molecule has 0 spiro atoms. The molecule has 0 saturated heterocycles. The summed E-state index contributed by atoms with van der Waals surface area (Å²) in [5.74, 6) is 0.204. The van der Waals surface area contributed by atoms with Crippen molar-refractivity contribution in [3.05, 3.63) is 60.2 Å². The standard InChI is InChI=1S/C20H16FN5O2S/c1-11-3-4-12-13(5-6-15(21)17(12)22)18(11)28-19-14(7-10-24-26-19)16-8-9-23-20(25-16)29(2)27/h3-10H,22H2,1-2H3. The van der Waals surface area contributed by atoms with Crippen molar-refractivity contribution in [1.29, 1.82) is 0 Å². The molecule has 2 N–H and O–H groups in total. The third kappa shape index (κ3) is 3.57. The Bertz CT molecular complexity index is 1220. The van der Waals surface area contributed by atoms with Gasteiger partial charge in [0.2, 0.25) is 5.88 Å². The van der Waals surface area contributed by atoms with Gasteiger partial charge < -0.3 is 15.0 Å². The summed E-state index contributed by atoms with van der Waals surface area (Å²) in [6.07, 6.45) is 4.54. The average molecular weight is 409 g/mol. The number of nitrogens with zero attached hydrogens (tertiary/aromatic N) is 4. The van der Waals surface area contributed by atoms with Crippen LogP contribution in [0.25, 0.3) is 22.0 Å². The summed E-state index contributed by atoms with van der Waals surface area (Å²) in [4.78, 5) is 8.34. The second kappa shape index (κ2) is 7.61. The van der Waals surface area contributed by atoms with E-state index in [4.69, 9.17) is 10.5 Å². The smallest absolute Gasteiger partial charge is 0.342 e. The topological polar surface area (TPSA) is 110 Å². The number of rotatable bonds is 4. The summed E-state index contributed by atoms with van der Waals surface area (Å²) in [5, 5.41) is 9.40. The zero-order valence-electron chi connectivity index (χ0n) is 15.6. The van der Waals surface area contributed by atoms with Crippen LogP contribution in [-0.2, 0) is 11.2 Å². The number of hydrogen-bond donors (Lipinski definition) is 1. The molecule has 4 aromatic rings. The van der Waals surface area contributed by atoms with Gasteiger partial charge in [-0.2, -0.15) is 15.1 Å². The van der Waals surface area contributed by atoms with Crippen molar-refractivity contribution < 1.29 is 13.7 Å². The Balaban J connectivity index is 1.84. The van der Waals surface area contributed by atoms with Gasteiger partial charge in [-0.25, -0.2) is 4.39 Å². The van der Waals surface area contributed by atoms with Gasteiger partial charge in [0.05, 0.1) is 23.1 Å². The number of halogens is 1. The lowest BCUT2D eigenvalue weighted by atomic mass is 10.0. The summed E-state index contributed by atoms with van der Waals surface area (Å²) < 4.78 is 31.7. The molecular weight excluding hydrogens is 393 g/mol. The molecule has 1 atom stereocenters. The quantitative estimate of drug-likeness (QED) is 0.311. The van der Waals surface area contributed by atoms with Crippen LogP contribution < -0.4 is 10.5 Å². The summed E-state index contributed by atoms with van der Waals surface area (Å²) >= 11 is -1.33. The molecule has 7 nitrogen and oxygen atoms in total. The van der Waals surface area contributed by atoms with Gasteiger partial charge in [0.15, 0.2) is 0 Å². The first-order valence-corrected chi connectivity index (χ1v) is 10.1. The largest absolute Gasteiger partial charge is 0.609 e. The summed E-state index contributed by atoms with van der Waals surface area (Å²) in [7, 11) is 0. The lowest BCUT2D eigenvalue weighted by molar-refractivity contribution is 0.459. The summed E-state index contributed by atoms with van der Waals surface area (Å²) in [6, 6.07) is 9.83. The molecule has 9 heteroatoms. The van der Waals surface area contributed by atoms with E-state index in [0.29, 0.717) is 27.8 Å². The molecule has 2 heterocycles. The maximum Gasteiger partial charge on any atom is 0.342 e. The van der Waals surface area contributed by atoms with E-state index in [2.05, 4.69) is 20.2 Å². The minimum Gasteiger partial charge on any atom is -0.609 e. The third-order valence-corrected chi connectivity index (χ3v) is 5.10. The first-order valence-electron chi connectivity index (χ1n) is 8.59. The molecular formula is C20H16FN5O2S. The molecule has 0 bridgehead atoms. The Morgan fingerprint density at radius 3 is 2.66 bits per heavy atom. The molecule has 2 aromatic heterocycles. The molecule has 0 aliphatic rings. The van der Waals surface area contributed by atoms with Crippen LogP contribution in [0.3, 0.4) is 0 Å². The van der Waals surface area contributed by atoms with E-state index in [9.17, 15) is 8.94 Å². The third-order valence-electron chi connectivity index (χ3n) is 4.39. The van der Waals surface area contributed by atoms with Gasteiger partial charge in [-0.15, -0.1) is 5.10 Å². The Morgan fingerprint density at radius 1 is 1.07 bits per heavy atom. The molecule has 0 aliphatic heterocycles. The van der Waals surface area contributed by atoms with Gasteiger partial charge in [0.1, 0.15) is 17.8 Å². The highest BCUT2D eigenvalue weighted by molar-refractivity contribution is 7.90. The normalized spacial score (nSPS) is 12.1. The molecule has 0 aliphatic carbocycles. The number of nitrogens with two attached hydrogens (primary N) is 1. The Kier molecular flexibility index (Phi) is 4.99. The van der Waals surface area contributed by atoms with Crippen LogP contribution >= 0.6 is 0 Å². The van der Waals surface area contributed by atoms with Crippen molar-refractivity contribution in [1.82, 2.24) is 20.2 Å². The van der Waals surface area contributed by atoms with Gasteiger partial charge in [0, 0.05) is 28.1 Å². The number of hydrogen-bond acceptors (Lipinski definition) is 7. The number of benzene rings is 2. The van der Waals surface area contributed by atoms with Gasteiger partial charge in [-0.05, 0) is 36.8 Å². The molecule has 29 heavy (non-hydrogen) atoms. The average Bonchev–Trinajstić information content (AvgIpc) is 2.73. The summed E-state index contributed by atoms with van der Waals surface area (Å²) in [6.45, 7) is 1.87. The fourth-order valence-electron chi connectivity index (χ4n) is 2.93. The molecule has 146 valence electrons. The minimum atomic E-state index is -1.33. The van der Waals surface area contributed by atoms with Crippen molar-refractivity contribution in [2.75, 3.05) is 12.0 Å². The zero-order valence-corrected chi connectivity index (χ0v) is 16.4. The second-order valence-electron chi connectivity index (χ2n) is 6.30. The van der Waals surface area contributed by atoms with Crippen LogP contribution in [0.1, 0.15) is 5.56 Å². The first kappa shape index (κ1) is 19.0. The van der Waals surface area contributed by atoms with Crippen molar-refractivity contribution in [2.24, 2.45) is 0 Å². The number of aromatic nitrogens is 4. The van der Waals surface area contributed by atoms with Crippen LogP contribution in [0.4, 0.5) is 10.1 Å². The molecule has 0 saturated carbocycles. The molecule has 0 radical (unpaired) electrons. The lowest BCUT2D eigenvalue weighted by Crippen LogP contribution is -2.05. The Morgan fingerprint density at radius 2 is 1.86 bits per heavy atom. The van der Waals surface area contributed by atoms with E-state index in [1.807, 2.05) is 6.92 Å². The number of aryl methyl sites for hydroxylation is 1. The fraction of sp³-hybridized carbons (Fsp3) is 0.100. The highest BCUT2D eigenvalue weighted by Crippen LogP contribution is 2.38. The van der Waals surface area contributed by atoms with E-state index in [-0.39, 0.29) is 16.7 Å². The van der Waals surface area contributed by atoms with Crippen LogP contribution in [0.15, 0.2) is 53.9 Å². The maximum atomic E-state index is 13.9. The zero-order chi connectivity index (χ0) is 20.5. The lowest BCUT2D eigenvalue weighted by Gasteiger charge is -2.14. The van der Waals surface area contributed by atoms with Crippen LogP contribution in [0.5, 0.6) is 11.6 Å². The first-order chi connectivity index (χ1) is 14.0. The van der Waals surface area contributed by atoms with E-state index < -0.39 is 17.0 Å². The van der Waals surface area contributed by atoms with E-state index in [0.717, 1.165) is 5.56 Å². The van der Waals surface area contributed by atoms with Crippen molar-refractivity contribution in [3.8, 4) is 22.9 Å². The van der Waals surface area contributed by atoms with Crippen LogP contribution in [0, 0.1) is 12.7 Å². The van der Waals surface area contributed by atoms with Crippen molar-refractivity contribution >= 4 is 27.6 Å². The number of nitrogen functional groups attached to an aromatic ring is 1. The summed E-state index contributed by atoms with van der Waals surface area (Å²) in [5.41, 5.74) is 7.82. The molecule has 0 fully saturated rings. The van der Waals surface area contributed by atoms with Crippen LogP contribution in [-0.4, -0.2) is 31.0 Å². The highest BCUT2D eigenvalue weighted by atomic mass is 32.2. The van der Waals surface area contributed by atoms with E-state index in [1.54, 1.807) is 30.3 Å². The Labute approximate surface area is 169 Å². The minimum absolute atomic E-state index is 0.0533. The monoisotopic (exact) mass is 409 g/mol. The van der Waals surface area contributed by atoms with Crippen LogP contribution in [0.2, 0.25) is 0 Å². The molecule has 0 amide bonds. The maximum absolute atomic E-state index is 13.9.